The summed E-state index contributed by atoms with van der Waals surface area (Å²) in [5.41, 5.74) is 8.38. The number of carbonyl (C=O) groups is 1. The molecule has 1 aromatic carbocycles. The number of amides is 1. The number of nitriles is 1. The van der Waals surface area contributed by atoms with Crippen LogP contribution in [0.3, 0.4) is 0 Å². The van der Waals surface area contributed by atoms with Crippen molar-refractivity contribution < 1.29 is 4.79 Å². The van der Waals surface area contributed by atoms with Crippen molar-refractivity contribution in [2.45, 2.75) is 13.5 Å². The van der Waals surface area contributed by atoms with Gasteiger partial charge < -0.3 is 11.1 Å². The molecule has 3 rings (SSSR count). The molecule has 0 aliphatic rings. The summed E-state index contributed by atoms with van der Waals surface area (Å²) in [6.07, 6.45) is 6.28. The molecule has 0 radical (unpaired) electrons. The predicted molar refractivity (Wildman–Crippen MR) is 98.3 cm³/mol. The fourth-order valence-electron chi connectivity index (χ4n) is 2.43. The van der Waals surface area contributed by atoms with E-state index in [1.165, 1.54) is 17.0 Å². The first-order valence-corrected chi connectivity index (χ1v) is 7.97. The van der Waals surface area contributed by atoms with Crippen LogP contribution in [0.4, 0.5) is 11.5 Å². The largest absolute Gasteiger partial charge is 0.382 e. The van der Waals surface area contributed by atoms with E-state index in [9.17, 15) is 4.79 Å². The van der Waals surface area contributed by atoms with Crippen molar-refractivity contribution in [1.82, 2.24) is 19.6 Å². The highest BCUT2D eigenvalue weighted by molar-refractivity contribution is 6.01. The minimum Gasteiger partial charge on any atom is -0.382 e. The minimum absolute atomic E-state index is 0.244. The maximum atomic E-state index is 12.1. The number of aryl methyl sites for hydroxylation is 1. The number of nitrogen functional groups attached to an aromatic ring is 1. The SMILES string of the molecule is CCn1nccc1C=CC(=O)Nc1ccc(-n2ncc(C#N)c2N)cc1. The van der Waals surface area contributed by atoms with Crippen molar-refractivity contribution in [2.24, 2.45) is 0 Å². The monoisotopic (exact) mass is 347 g/mol. The van der Waals surface area contributed by atoms with Gasteiger partial charge >= 0.3 is 0 Å². The lowest BCUT2D eigenvalue weighted by atomic mass is 10.2. The first-order valence-electron chi connectivity index (χ1n) is 7.97. The van der Waals surface area contributed by atoms with Crippen LogP contribution in [0.15, 0.2) is 48.8 Å². The Hall–Kier alpha value is -3.86. The molecular formula is C18H17N7O. The summed E-state index contributed by atoms with van der Waals surface area (Å²) in [5.74, 6) is 0.0340. The molecule has 0 atom stereocenters. The molecule has 0 saturated heterocycles. The van der Waals surface area contributed by atoms with Crippen LogP contribution in [0.1, 0.15) is 18.2 Å². The van der Waals surface area contributed by atoms with Gasteiger partial charge in [-0.1, -0.05) is 0 Å². The van der Waals surface area contributed by atoms with Gasteiger partial charge in [-0.3, -0.25) is 9.48 Å². The molecule has 3 N–H and O–H groups in total. The third kappa shape index (κ3) is 3.47. The fraction of sp³-hybridized carbons (Fsp3) is 0.111. The molecule has 2 aromatic heterocycles. The molecule has 0 bridgehead atoms. The van der Waals surface area contributed by atoms with E-state index in [-0.39, 0.29) is 11.7 Å². The lowest BCUT2D eigenvalue weighted by molar-refractivity contribution is -0.111. The van der Waals surface area contributed by atoms with Crippen molar-refractivity contribution in [3.63, 3.8) is 0 Å². The number of hydrogen-bond acceptors (Lipinski definition) is 5. The number of nitrogens with one attached hydrogen (secondary N) is 1. The van der Waals surface area contributed by atoms with Gasteiger partial charge in [0.15, 0.2) is 0 Å². The Morgan fingerprint density at radius 2 is 2.08 bits per heavy atom. The van der Waals surface area contributed by atoms with E-state index < -0.39 is 0 Å². The third-order valence-corrected chi connectivity index (χ3v) is 3.76. The molecular weight excluding hydrogens is 330 g/mol. The molecule has 0 aliphatic heterocycles. The van der Waals surface area contributed by atoms with Gasteiger partial charge in [-0.05, 0) is 43.3 Å². The molecule has 8 nitrogen and oxygen atoms in total. The summed E-state index contributed by atoms with van der Waals surface area (Å²) in [6.45, 7) is 2.72. The molecule has 3 aromatic rings. The zero-order chi connectivity index (χ0) is 18.5. The average Bonchev–Trinajstić information content (AvgIpc) is 3.26. The summed E-state index contributed by atoms with van der Waals surface area (Å²) in [4.78, 5) is 12.1. The van der Waals surface area contributed by atoms with Crippen LogP contribution in [0.5, 0.6) is 0 Å². The average molecular weight is 347 g/mol. The van der Waals surface area contributed by atoms with Gasteiger partial charge in [0.25, 0.3) is 0 Å². The Bertz CT molecular complexity index is 989. The lowest BCUT2D eigenvalue weighted by Gasteiger charge is -2.06. The van der Waals surface area contributed by atoms with Gasteiger partial charge in [-0.15, -0.1) is 0 Å². The van der Waals surface area contributed by atoms with Crippen LogP contribution in [-0.2, 0) is 11.3 Å². The third-order valence-electron chi connectivity index (χ3n) is 3.76. The second-order valence-electron chi connectivity index (χ2n) is 5.41. The van der Waals surface area contributed by atoms with Crippen molar-refractivity contribution in [1.29, 1.82) is 5.26 Å². The topological polar surface area (TPSA) is 115 Å². The highest BCUT2D eigenvalue weighted by Crippen LogP contribution is 2.18. The Morgan fingerprint density at radius 1 is 1.31 bits per heavy atom. The molecule has 26 heavy (non-hydrogen) atoms. The summed E-state index contributed by atoms with van der Waals surface area (Å²) >= 11 is 0. The Balaban J connectivity index is 1.68. The van der Waals surface area contributed by atoms with Crippen molar-refractivity contribution in [3.8, 4) is 11.8 Å². The van der Waals surface area contributed by atoms with Crippen molar-refractivity contribution in [3.05, 3.63) is 60.1 Å². The smallest absolute Gasteiger partial charge is 0.248 e. The summed E-state index contributed by atoms with van der Waals surface area (Å²) in [5, 5.41) is 19.9. The van der Waals surface area contributed by atoms with Crippen LogP contribution in [-0.4, -0.2) is 25.5 Å². The van der Waals surface area contributed by atoms with Gasteiger partial charge in [0.1, 0.15) is 17.5 Å². The molecule has 0 aliphatic carbocycles. The number of nitrogens with zero attached hydrogens (tertiary/aromatic N) is 5. The predicted octanol–water partition coefficient (Wildman–Crippen LogP) is 2.19. The zero-order valence-corrected chi connectivity index (χ0v) is 14.1. The van der Waals surface area contributed by atoms with Gasteiger partial charge in [-0.25, -0.2) is 4.68 Å². The minimum atomic E-state index is -0.244. The number of benzene rings is 1. The van der Waals surface area contributed by atoms with Gasteiger partial charge in [0.2, 0.25) is 5.91 Å². The lowest BCUT2D eigenvalue weighted by Crippen LogP contribution is -2.08. The van der Waals surface area contributed by atoms with Crippen LogP contribution >= 0.6 is 0 Å². The van der Waals surface area contributed by atoms with Gasteiger partial charge in [0, 0.05) is 24.5 Å². The van der Waals surface area contributed by atoms with E-state index in [4.69, 9.17) is 11.0 Å². The summed E-state index contributed by atoms with van der Waals surface area (Å²) in [7, 11) is 0. The number of nitrogens with two attached hydrogens (primary N) is 1. The van der Waals surface area contributed by atoms with E-state index in [2.05, 4.69) is 15.5 Å². The fourth-order valence-corrected chi connectivity index (χ4v) is 2.43. The highest BCUT2D eigenvalue weighted by atomic mass is 16.1. The van der Waals surface area contributed by atoms with E-state index >= 15 is 0 Å². The van der Waals surface area contributed by atoms with Crippen molar-refractivity contribution in [2.75, 3.05) is 11.1 Å². The number of carbonyl (C=O) groups excluding carboxylic acids is 1. The number of rotatable bonds is 5. The molecule has 2 heterocycles. The molecule has 0 saturated carbocycles. The van der Waals surface area contributed by atoms with E-state index in [1.54, 1.807) is 41.2 Å². The second-order valence-corrected chi connectivity index (χ2v) is 5.41. The second kappa shape index (κ2) is 7.36. The summed E-state index contributed by atoms with van der Waals surface area (Å²) in [6, 6.07) is 10.8. The Morgan fingerprint density at radius 3 is 2.73 bits per heavy atom. The quantitative estimate of drug-likeness (QED) is 0.687. The number of hydrogen-bond donors (Lipinski definition) is 2. The van der Waals surface area contributed by atoms with E-state index in [1.807, 2.05) is 19.1 Å². The maximum Gasteiger partial charge on any atom is 0.248 e. The van der Waals surface area contributed by atoms with Crippen molar-refractivity contribution >= 4 is 23.5 Å². The van der Waals surface area contributed by atoms with E-state index in [0.29, 0.717) is 16.9 Å². The molecule has 0 unspecified atom stereocenters. The Labute approximate surface area is 150 Å². The molecule has 0 fully saturated rings. The number of aromatic nitrogens is 4. The van der Waals surface area contributed by atoms with Crippen LogP contribution in [0.2, 0.25) is 0 Å². The Kier molecular flexibility index (Phi) is 4.80. The normalized spacial score (nSPS) is 10.8. The molecule has 130 valence electrons. The van der Waals surface area contributed by atoms with Crippen LogP contribution in [0, 0.1) is 11.3 Å². The summed E-state index contributed by atoms with van der Waals surface area (Å²) < 4.78 is 3.26. The first-order chi connectivity index (χ1) is 12.6. The molecule has 0 spiro atoms. The van der Waals surface area contributed by atoms with Crippen LogP contribution in [0.25, 0.3) is 11.8 Å². The maximum absolute atomic E-state index is 12.1. The standard InChI is InChI=1S/C18H17N7O/c1-2-24-15(9-10-21-24)7-8-17(26)23-14-3-5-16(6-4-14)25-18(20)13(11-19)12-22-25/h3-10,12H,2,20H2,1H3,(H,23,26). The highest BCUT2D eigenvalue weighted by Gasteiger charge is 2.08. The zero-order valence-electron chi connectivity index (χ0n) is 14.1. The van der Waals surface area contributed by atoms with Crippen LogP contribution < -0.4 is 11.1 Å². The number of anilines is 2. The molecule has 8 heteroatoms. The van der Waals surface area contributed by atoms with Gasteiger partial charge in [0.05, 0.1) is 17.6 Å². The van der Waals surface area contributed by atoms with Gasteiger partial charge in [-0.2, -0.15) is 15.5 Å². The first kappa shape index (κ1) is 17.0. The van der Waals surface area contributed by atoms with E-state index in [0.717, 1.165) is 12.2 Å². The molecule has 1 amide bonds.